The van der Waals surface area contributed by atoms with Gasteiger partial charge in [0, 0.05) is 21.5 Å². The van der Waals surface area contributed by atoms with Crippen molar-refractivity contribution in [2.24, 2.45) is 0 Å². The van der Waals surface area contributed by atoms with Crippen molar-refractivity contribution in [2.75, 3.05) is 14.2 Å². The molecular formula is C23H16O6. The average molecular weight is 388 g/mol. The summed E-state index contributed by atoms with van der Waals surface area (Å²) in [7, 11) is 3.04. The van der Waals surface area contributed by atoms with Gasteiger partial charge in [0.25, 0.3) is 0 Å². The Labute approximate surface area is 163 Å². The lowest BCUT2D eigenvalue weighted by atomic mass is 10.00. The van der Waals surface area contributed by atoms with Crippen LogP contribution in [0.3, 0.4) is 0 Å². The van der Waals surface area contributed by atoms with E-state index < -0.39 is 11.3 Å². The standard InChI is InChI=1S/C23H16O6/c1-11-7-8-13-15-10-16-14(9-17(15)23(25)29-21(13)19(11)27-3)12-5-4-6-18(26-2)20(12)28-22(16)24/h4-10H,1-3H3. The minimum absolute atomic E-state index is 0.342. The highest BCUT2D eigenvalue weighted by Gasteiger charge is 2.17. The molecule has 0 aliphatic rings. The Morgan fingerprint density at radius 1 is 0.690 bits per heavy atom. The lowest BCUT2D eigenvalue weighted by molar-refractivity contribution is 0.404. The van der Waals surface area contributed by atoms with Crippen molar-refractivity contribution >= 4 is 43.5 Å². The summed E-state index contributed by atoms with van der Waals surface area (Å²) in [6.45, 7) is 1.87. The third-order valence-electron chi connectivity index (χ3n) is 5.28. The van der Waals surface area contributed by atoms with Crippen molar-refractivity contribution < 1.29 is 18.3 Å². The minimum atomic E-state index is -0.501. The molecular weight excluding hydrogens is 372 g/mol. The van der Waals surface area contributed by atoms with Gasteiger partial charge in [-0.3, -0.25) is 0 Å². The number of hydrogen-bond acceptors (Lipinski definition) is 6. The van der Waals surface area contributed by atoms with E-state index in [0.29, 0.717) is 55.0 Å². The second-order valence-electron chi connectivity index (χ2n) is 6.85. The van der Waals surface area contributed by atoms with E-state index in [1.165, 1.54) is 14.2 Å². The predicted octanol–water partition coefficient (Wildman–Crippen LogP) is 4.53. The number of benzene rings is 3. The molecule has 0 spiro atoms. The van der Waals surface area contributed by atoms with Crippen LogP contribution in [0.2, 0.25) is 0 Å². The average Bonchev–Trinajstić information content (AvgIpc) is 2.73. The highest BCUT2D eigenvalue weighted by molar-refractivity contribution is 6.15. The quantitative estimate of drug-likeness (QED) is 0.251. The van der Waals surface area contributed by atoms with E-state index in [0.717, 1.165) is 5.56 Å². The number of para-hydroxylation sites is 1. The number of aryl methyl sites for hydroxylation is 1. The molecule has 0 aliphatic heterocycles. The molecule has 0 atom stereocenters. The van der Waals surface area contributed by atoms with Crippen LogP contribution in [-0.2, 0) is 0 Å². The van der Waals surface area contributed by atoms with Gasteiger partial charge in [0.15, 0.2) is 22.7 Å². The van der Waals surface area contributed by atoms with Gasteiger partial charge in [-0.1, -0.05) is 24.3 Å². The third-order valence-corrected chi connectivity index (χ3v) is 5.28. The first-order valence-electron chi connectivity index (χ1n) is 9.01. The monoisotopic (exact) mass is 388 g/mol. The van der Waals surface area contributed by atoms with Crippen LogP contribution in [0.5, 0.6) is 11.5 Å². The molecule has 144 valence electrons. The highest BCUT2D eigenvalue weighted by Crippen LogP contribution is 2.36. The van der Waals surface area contributed by atoms with E-state index in [4.69, 9.17) is 18.3 Å². The number of methoxy groups -OCH3 is 2. The molecule has 0 N–H and O–H groups in total. The molecule has 0 radical (unpaired) electrons. The van der Waals surface area contributed by atoms with Crippen LogP contribution in [-0.4, -0.2) is 14.2 Å². The SMILES string of the molecule is COc1cccc2c1oc(=O)c1cc3c(cc12)c(=O)oc1c(OC)c(C)ccc13. The van der Waals surface area contributed by atoms with Crippen molar-refractivity contribution in [3.63, 3.8) is 0 Å². The Hall–Kier alpha value is -3.80. The molecule has 3 aromatic carbocycles. The Kier molecular flexibility index (Phi) is 3.64. The fourth-order valence-electron chi connectivity index (χ4n) is 3.90. The maximum Gasteiger partial charge on any atom is 0.344 e. The van der Waals surface area contributed by atoms with E-state index in [1.54, 1.807) is 24.3 Å². The zero-order valence-corrected chi connectivity index (χ0v) is 16.0. The number of ether oxygens (including phenoxy) is 2. The van der Waals surface area contributed by atoms with Crippen molar-refractivity contribution in [3.8, 4) is 11.5 Å². The summed E-state index contributed by atoms with van der Waals surface area (Å²) < 4.78 is 21.9. The molecule has 0 saturated carbocycles. The first kappa shape index (κ1) is 17.3. The molecule has 0 amide bonds. The highest BCUT2D eigenvalue weighted by atomic mass is 16.5. The van der Waals surface area contributed by atoms with Gasteiger partial charge in [0.1, 0.15) is 0 Å². The van der Waals surface area contributed by atoms with Gasteiger partial charge in [-0.2, -0.15) is 0 Å². The molecule has 5 aromatic rings. The van der Waals surface area contributed by atoms with Gasteiger partial charge in [0.2, 0.25) is 0 Å². The lowest BCUT2D eigenvalue weighted by Crippen LogP contribution is -2.05. The maximum absolute atomic E-state index is 12.8. The van der Waals surface area contributed by atoms with Crippen LogP contribution in [0.1, 0.15) is 5.56 Å². The topological polar surface area (TPSA) is 78.9 Å². The molecule has 0 fully saturated rings. The first-order chi connectivity index (χ1) is 14.0. The van der Waals surface area contributed by atoms with Crippen LogP contribution in [0, 0.1) is 6.92 Å². The van der Waals surface area contributed by atoms with Crippen LogP contribution in [0.25, 0.3) is 43.5 Å². The largest absolute Gasteiger partial charge is 0.493 e. The minimum Gasteiger partial charge on any atom is -0.493 e. The van der Waals surface area contributed by atoms with Crippen molar-refractivity contribution in [1.29, 1.82) is 0 Å². The third kappa shape index (κ3) is 2.35. The van der Waals surface area contributed by atoms with Gasteiger partial charge in [-0.25, -0.2) is 9.59 Å². The van der Waals surface area contributed by atoms with E-state index in [2.05, 4.69) is 0 Å². The fraction of sp³-hybridized carbons (Fsp3) is 0.130. The predicted molar refractivity (Wildman–Crippen MR) is 111 cm³/mol. The molecule has 5 rings (SSSR count). The molecule has 6 nitrogen and oxygen atoms in total. The van der Waals surface area contributed by atoms with Crippen molar-refractivity contribution in [1.82, 2.24) is 0 Å². The Bertz CT molecular complexity index is 1570. The summed E-state index contributed by atoms with van der Waals surface area (Å²) >= 11 is 0. The molecule has 2 aromatic heterocycles. The molecule has 0 aliphatic carbocycles. The lowest BCUT2D eigenvalue weighted by Gasteiger charge is -2.11. The van der Waals surface area contributed by atoms with Gasteiger partial charge in [0.05, 0.1) is 25.0 Å². The molecule has 2 heterocycles. The second kappa shape index (κ2) is 6.10. The first-order valence-corrected chi connectivity index (χ1v) is 9.01. The summed E-state index contributed by atoms with van der Waals surface area (Å²) in [5, 5.41) is 3.34. The Morgan fingerprint density at radius 3 is 1.93 bits per heavy atom. The summed E-state index contributed by atoms with van der Waals surface area (Å²) in [5.74, 6) is 0.948. The zero-order chi connectivity index (χ0) is 20.3. The molecule has 0 unspecified atom stereocenters. The van der Waals surface area contributed by atoms with Gasteiger partial charge < -0.3 is 18.3 Å². The number of hydrogen-bond donors (Lipinski definition) is 0. The number of rotatable bonds is 2. The Morgan fingerprint density at radius 2 is 1.31 bits per heavy atom. The van der Waals surface area contributed by atoms with Crippen molar-refractivity contribution in [3.05, 3.63) is 68.9 Å². The molecule has 0 saturated heterocycles. The summed E-state index contributed by atoms with van der Waals surface area (Å²) in [5.41, 5.74) is 0.549. The number of fused-ring (bicyclic) bond motifs is 6. The van der Waals surface area contributed by atoms with Gasteiger partial charge in [-0.05, 0) is 30.7 Å². The molecule has 0 bridgehead atoms. The van der Waals surface area contributed by atoms with Crippen LogP contribution in [0.15, 0.2) is 60.9 Å². The van der Waals surface area contributed by atoms with Crippen LogP contribution in [0.4, 0.5) is 0 Å². The van der Waals surface area contributed by atoms with E-state index in [-0.39, 0.29) is 0 Å². The van der Waals surface area contributed by atoms with E-state index in [1.807, 2.05) is 25.1 Å². The maximum atomic E-state index is 12.8. The van der Waals surface area contributed by atoms with E-state index in [9.17, 15) is 9.59 Å². The van der Waals surface area contributed by atoms with E-state index >= 15 is 0 Å². The van der Waals surface area contributed by atoms with Crippen molar-refractivity contribution in [2.45, 2.75) is 6.92 Å². The smallest absolute Gasteiger partial charge is 0.344 e. The zero-order valence-electron chi connectivity index (χ0n) is 16.0. The fourth-order valence-corrected chi connectivity index (χ4v) is 3.90. The van der Waals surface area contributed by atoms with Crippen LogP contribution >= 0.6 is 0 Å². The summed E-state index contributed by atoms with van der Waals surface area (Å²) in [6.07, 6.45) is 0. The summed E-state index contributed by atoms with van der Waals surface area (Å²) in [4.78, 5) is 25.6. The molecule has 6 heteroatoms. The normalized spacial score (nSPS) is 11.6. The summed E-state index contributed by atoms with van der Waals surface area (Å²) in [6, 6.07) is 12.5. The Balaban J connectivity index is 2.03. The molecule has 29 heavy (non-hydrogen) atoms. The second-order valence-corrected chi connectivity index (χ2v) is 6.85. The van der Waals surface area contributed by atoms with Gasteiger partial charge in [-0.15, -0.1) is 0 Å². The van der Waals surface area contributed by atoms with Gasteiger partial charge >= 0.3 is 11.3 Å². The van der Waals surface area contributed by atoms with Crippen LogP contribution < -0.4 is 20.7 Å².